The first-order valence-corrected chi connectivity index (χ1v) is 10.2. The van der Waals surface area contributed by atoms with Gasteiger partial charge in [-0.05, 0) is 45.5 Å². The smallest absolute Gasteiger partial charge is 0.234 e. The van der Waals surface area contributed by atoms with Crippen molar-refractivity contribution in [1.29, 1.82) is 0 Å². The number of carbonyl (C=O) groups excluding carboxylic acids is 1. The second-order valence-corrected chi connectivity index (χ2v) is 7.86. The lowest BCUT2D eigenvalue weighted by atomic mass is 9.97. The number of carbonyl (C=O) groups is 1. The van der Waals surface area contributed by atoms with E-state index in [1.54, 1.807) is 11.8 Å². The minimum atomic E-state index is -0.391. The van der Waals surface area contributed by atoms with E-state index in [1.807, 2.05) is 49.5 Å². The van der Waals surface area contributed by atoms with Crippen LogP contribution in [0.25, 0.3) is 11.3 Å². The molecule has 0 bridgehead atoms. The van der Waals surface area contributed by atoms with E-state index in [4.69, 9.17) is 9.47 Å². The van der Waals surface area contributed by atoms with Crippen LogP contribution >= 0.6 is 0 Å². The molecule has 164 valence electrons. The van der Waals surface area contributed by atoms with Gasteiger partial charge in [-0.3, -0.25) is 9.48 Å². The van der Waals surface area contributed by atoms with E-state index in [2.05, 4.69) is 15.6 Å². The molecule has 2 N–H and O–H groups in total. The van der Waals surface area contributed by atoms with Crippen molar-refractivity contribution in [2.24, 2.45) is 0 Å². The molecule has 0 aliphatic carbocycles. The topological polar surface area (TPSA) is 102 Å². The number of methoxy groups -OCH3 is 1. The molecule has 3 rings (SSSR count). The SMILES string of the molecule is COc1cccc(-c2cn(CC[C@@H]3CC[C@@H](NC(=O)CN(C)C)[C@@H](CO)O3)nn2)c1. The largest absolute Gasteiger partial charge is 0.497 e. The number of rotatable bonds is 9. The molecule has 2 heterocycles. The average Bonchev–Trinajstić information content (AvgIpc) is 3.21. The highest BCUT2D eigenvalue weighted by molar-refractivity contribution is 5.78. The Morgan fingerprint density at radius 3 is 2.97 bits per heavy atom. The molecule has 9 heteroatoms. The van der Waals surface area contributed by atoms with Crippen LogP contribution in [0.4, 0.5) is 0 Å². The zero-order valence-corrected chi connectivity index (χ0v) is 17.8. The monoisotopic (exact) mass is 417 g/mol. The van der Waals surface area contributed by atoms with E-state index in [0.29, 0.717) is 13.1 Å². The number of ether oxygens (including phenoxy) is 2. The van der Waals surface area contributed by atoms with E-state index < -0.39 is 6.10 Å². The second kappa shape index (κ2) is 10.5. The summed E-state index contributed by atoms with van der Waals surface area (Å²) in [6, 6.07) is 7.55. The summed E-state index contributed by atoms with van der Waals surface area (Å²) in [4.78, 5) is 13.8. The summed E-state index contributed by atoms with van der Waals surface area (Å²) in [6.45, 7) is 0.865. The Labute approximate surface area is 177 Å². The molecular formula is C21H31N5O4. The number of nitrogens with one attached hydrogen (secondary N) is 1. The normalized spacial score (nSPS) is 21.6. The Hall–Kier alpha value is -2.49. The van der Waals surface area contributed by atoms with Crippen molar-refractivity contribution in [3.63, 3.8) is 0 Å². The highest BCUT2D eigenvalue weighted by atomic mass is 16.5. The van der Waals surface area contributed by atoms with E-state index >= 15 is 0 Å². The predicted molar refractivity (Wildman–Crippen MR) is 112 cm³/mol. The minimum Gasteiger partial charge on any atom is -0.497 e. The fourth-order valence-electron chi connectivity index (χ4n) is 3.65. The highest BCUT2D eigenvalue weighted by Crippen LogP contribution is 2.24. The molecule has 1 aliphatic heterocycles. The maximum Gasteiger partial charge on any atom is 0.234 e. The number of aliphatic hydroxyl groups excluding tert-OH is 1. The number of likely N-dealkylation sites (N-methyl/N-ethyl adjacent to an activating group) is 1. The van der Waals surface area contributed by atoms with Gasteiger partial charge in [0.1, 0.15) is 17.5 Å². The molecule has 1 amide bonds. The summed E-state index contributed by atoms with van der Waals surface area (Å²) in [7, 11) is 5.33. The van der Waals surface area contributed by atoms with Crippen molar-refractivity contribution in [3.05, 3.63) is 30.5 Å². The number of hydrogen-bond acceptors (Lipinski definition) is 7. The van der Waals surface area contributed by atoms with Gasteiger partial charge in [0.2, 0.25) is 5.91 Å². The Bertz CT molecular complexity index is 825. The first-order chi connectivity index (χ1) is 14.5. The number of amides is 1. The molecule has 9 nitrogen and oxygen atoms in total. The van der Waals surface area contributed by atoms with Crippen LogP contribution in [0.3, 0.4) is 0 Å². The summed E-state index contributed by atoms with van der Waals surface area (Å²) in [5, 5.41) is 21.1. The number of nitrogens with zero attached hydrogens (tertiary/aromatic N) is 4. The molecule has 0 radical (unpaired) electrons. The van der Waals surface area contributed by atoms with Crippen LogP contribution in [0.1, 0.15) is 19.3 Å². The Morgan fingerprint density at radius 1 is 1.40 bits per heavy atom. The number of hydrogen-bond donors (Lipinski definition) is 2. The van der Waals surface area contributed by atoms with Gasteiger partial charge in [0.25, 0.3) is 0 Å². The average molecular weight is 418 g/mol. The first-order valence-electron chi connectivity index (χ1n) is 10.2. The van der Waals surface area contributed by atoms with Gasteiger partial charge in [-0.25, -0.2) is 0 Å². The predicted octanol–water partition coefficient (Wildman–Crippen LogP) is 0.930. The maximum atomic E-state index is 12.0. The third-order valence-electron chi connectivity index (χ3n) is 5.19. The number of aliphatic hydroxyl groups is 1. The quantitative estimate of drug-likeness (QED) is 0.626. The van der Waals surface area contributed by atoms with E-state index in [-0.39, 0.29) is 24.7 Å². The zero-order chi connectivity index (χ0) is 21.5. The number of benzene rings is 1. The van der Waals surface area contributed by atoms with Crippen molar-refractivity contribution in [2.45, 2.75) is 44.1 Å². The van der Waals surface area contributed by atoms with Gasteiger partial charge in [0.15, 0.2) is 0 Å². The molecule has 1 fully saturated rings. The van der Waals surface area contributed by atoms with E-state index in [1.165, 1.54) is 0 Å². The lowest BCUT2D eigenvalue weighted by molar-refractivity contribution is -0.129. The Kier molecular flexibility index (Phi) is 7.78. The fourth-order valence-corrected chi connectivity index (χ4v) is 3.65. The number of aryl methyl sites for hydroxylation is 1. The summed E-state index contributed by atoms with van der Waals surface area (Å²) in [6.07, 6.45) is 3.88. The van der Waals surface area contributed by atoms with E-state index in [9.17, 15) is 9.90 Å². The molecule has 1 aromatic carbocycles. The van der Waals surface area contributed by atoms with Gasteiger partial charge in [0.05, 0.1) is 38.6 Å². The number of aromatic nitrogens is 3. The lowest BCUT2D eigenvalue weighted by Gasteiger charge is -2.36. The molecule has 1 saturated heterocycles. The van der Waals surface area contributed by atoms with Crippen LogP contribution in [-0.2, 0) is 16.1 Å². The minimum absolute atomic E-state index is 0.00798. The van der Waals surface area contributed by atoms with Gasteiger partial charge in [0, 0.05) is 12.1 Å². The van der Waals surface area contributed by atoms with E-state index in [0.717, 1.165) is 36.3 Å². The Morgan fingerprint density at radius 2 is 2.23 bits per heavy atom. The van der Waals surface area contributed by atoms with Crippen LogP contribution in [0.15, 0.2) is 30.5 Å². The second-order valence-electron chi connectivity index (χ2n) is 7.86. The molecule has 1 aliphatic rings. The van der Waals surface area contributed by atoms with Crippen molar-refractivity contribution >= 4 is 5.91 Å². The molecule has 0 spiro atoms. The summed E-state index contributed by atoms with van der Waals surface area (Å²) < 4.78 is 13.1. The summed E-state index contributed by atoms with van der Waals surface area (Å²) in [5.74, 6) is 0.720. The summed E-state index contributed by atoms with van der Waals surface area (Å²) >= 11 is 0. The molecule has 1 aromatic heterocycles. The van der Waals surface area contributed by atoms with Crippen molar-refractivity contribution in [2.75, 3.05) is 34.4 Å². The summed E-state index contributed by atoms with van der Waals surface area (Å²) in [5.41, 5.74) is 1.74. The fraction of sp³-hybridized carbons (Fsp3) is 0.571. The highest BCUT2D eigenvalue weighted by Gasteiger charge is 2.31. The maximum absolute atomic E-state index is 12.0. The van der Waals surface area contributed by atoms with Crippen molar-refractivity contribution in [3.8, 4) is 17.0 Å². The van der Waals surface area contributed by atoms with Crippen LogP contribution in [0.5, 0.6) is 5.75 Å². The molecule has 3 atom stereocenters. The standard InChI is InChI=1S/C21H31N5O4/c1-25(2)13-21(28)22-18-8-7-16(30-20(18)14-27)9-10-26-12-19(23-24-26)15-5-4-6-17(11-15)29-3/h4-6,11-12,16,18,20,27H,7-10,13-14H2,1-3H3,(H,22,28)/t16-,18+,20+/m0/s1. The third-order valence-corrected chi connectivity index (χ3v) is 5.19. The van der Waals surface area contributed by atoms with Crippen molar-refractivity contribution < 1.29 is 19.4 Å². The molecule has 0 saturated carbocycles. The van der Waals surface area contributed by atoms with Gasteiger partial charge in [-0.15, -0.1) is 5.10 Å². The van der Waals surface area contributed by atoms with Gasteiger partial charge < -0.3 is 24.8 Å². The third kappa shape index (κ3) is 6.01. The lowest BCUT2D eigenvalue weighted by Crippen LogP contribution is -2.52. The van der Waals surface area contributed by atoms with Crippen LogP contribution < -0.4 is 10.1 Å². The zero-order valence-electron chi connectivity index (χ0n) is 17.8. The van der Waals surface area contributed by atoms with Crippen LogP contribution in [-0.4, -0.2) is 83.5 Å². The molecule has 0 unspecified atom stereocenters. The van der Waals surface area contributed by atoms with Gasteiger partial charge in [-0.1, -0.05) is 17.3 Å². The van der Waals surface area contributed by atoms with Gasteiger partial charge in [-0.2, -0.15) is 0 Å². The first kappa shape index (κ1) is 22.2. The van der Waals surface area contributed by atoms with Crippen molar-refractivity contribution in [1.82, 2.24) is 25.2 Å². The molecular weight excluding hydrogens is 386 g/mol. The van der Waals surface area contributed by atoms with Gasteiger partial charge >= 0.3 is 0 Å². The Balaban J connectivity index is 1.51. The van der Waals surface area contributed by atoms with Crippen LogP contribution in [0.2, 0.25) is 0 Å². The van der Waals surface area contributed by atoms with Crippen LogP contribution in [0, 0.1) is 0 Å². The molecule has 2 aromatic rings. The molecule has 30 heavy (non-hydrogen) atoms.